The first-order chi connectivity index (χ1) is 8.65. The third kappa shape index (κ3) is 6.43. The largest absolute Gasteiger partial charge is 0.493 e. The van der Waals surface area contributed by atoms with Crippen LogP contribution in [-0.2, 0) is 0 Å². The molecule has 108 valence electrons. The average Bonchev–Trinajstić information content (AvgIpc) is 2.33. The maximum atomic E-state index is 13.5. The molecular weight excluding hydrogens is 267 g/mol. The molecule has 0 heterocycles. The van der Waals surface area contributed by atoms with E-state index in [9.17, 15) is 4.39 Å². The predicted molar refractivity (Wildman–Crippen MR) is 78.9 cm³/mol. The summed E-state index contributed by atoms with van der Waals surface area (Å²) in [6, 6.07) is 4.40. The van der Waals surface area contributed by atoms with Crippen LogP contribution < -0.4 is 10.5 Å². The molecule has 0 saturated carbocycles. The highest BCUT2D eigenvalue weighted by Crippen LogP contribution is 2.16. The van der Waals surface area contributed by atoms with E-state index >= 15 is 0 Å². The number of halogens is 2. The lowest BCUT2D eigenvalue weighted by atomic mass is 10.1. The van der Waals surface area contributed by atoms with E-state index in [1.807, 2.05) is 0 Å². The fraction of sp³-hybridized carbons (Fsp3) is 0.500. The fourth-order valence-electron chi connectivity index (χ4n) is 1.70. The molecule has 0 aromatic heterocycles. The summed E-state index contributed by atoms with van der Waals surface area (Å²) in [6.45, 7) is 2.78. The van der Waals surface area contributed by atoms with Crippen LogP contribution in [0.25, 0.3) is 0 Å². The molecule has 0 spiro atoms. The summed E-state index contributed by atoms with van der Waals surface area (Å²) < 4.78 is 18.9. The van der Waals surface area contributed by atoms with Gasteiger partial charge in [0, 0.05) is 6.07 Å². The molecule has 0 aliphatic carbocycles. The molecule has 0 atom stereocenters. The monoisotopic (exact) mass is 288 g/mol. The third-order valence-corrected chi connectivity index (χ3v) is 2.75. The molecule has 0 fully saturated rings. The van der Waals surface area contributed by atoms with Crippen molar-refractivity contribution in [1.82, 2.24) is 0 Å². The van der Waals surface area contributed by atoms with Crippen molar-refractivity contribution in [3.05, 3.63) is 29.6 Å². The van der Waals surface area contributed by atoms with Gasteiger partial charge in [0.2, 0.25) is 0 Å². The van der Waals surface area contributed by atoms with Crippen LogP contribution >= 0.6 is 12.4 Å². The number of amidine groups is 1. The van der Waals surface area contributed by atoms with Gasteiger partial charge in [-0.2, -0.15) is 0 Å². The van der Waals surface area contributed by atoms with Crippen LogP contribution in [0.1, 0.15) is 44.6 Å². The van der Waals surface area contributed by atoms with Gasteiger partial charge in [-0.25, -0.2) is 4.39 Å². The Hall–Kier alpha value is -1.29. The lowest BCUT2D eigenvalue weighted by molar-refractivity contribution is 0.303. The number of rotatable bonds is 8. The fourth-order valence-corrected chi connectivity index (χ4v) is 1.70. The highest BCUT2D eigenvalue weighted by Gasteiger charge is 2.06. The molecule has 3 nitrogen and oxygen atoms in total. The molecule has 1 aromatic carbocycles. The molecule has 0 amide bonds. The Morgan fingerprint density at radius 3 is 2.53 bits per heavy atom. The molecule has 0 aliphatic rings. The van der Waals surface area contributed by atoms with Crippen LogP contribution in [0.2, 0.25) is 0 Å². The van der Waals surface area contributed by atoms with Gasteiger partial charge >= 0.3 is 0 Å². The standard InChI is InChI=1S/C14H21FN2O.ClH/c1-2-3-4-5-6-9-18-11-7-8-12(14(16)17)13(15)10-11;/h7-8,10H,2-6,9H2,1H3,(H3,16,17);1H. The van der Waals surface area contributed by atoms with E-state index in [1.54, 1.807) is 6.07 Å². The number of hydrogen-bond donors (Lipinski definition) is 2. The van der Waals surface area contributed by atoms with Gasteiger partial charge in [0.05, 0.1) is 12.2 Å². The summed E-state index contributed by atoms with van der Waals surface area (Å²) in [6.07, 6.45) is 5.82. The van der Waals surface area contributed by atoms with Crippen LogP contribution in [0.15, 0.2) is 18.2 Å². The number of unbranched alkanes of at least 4 members (excludes halogenated alkanes) is 4. The van der Waals surface area contributed by atoms with Crippen molar-refractivity contribution in [3.8, 4) is 5.75 Å². The number of nitrogens with two attached hydrogens (primary N) is 1. The zero-order valence-electron chi connectivity index (χ0n) is 11.2. The summed E-state index contributed by atoms with van der Waals surface area (Å²) >= 11 is 0. The average molecular weight is 289 g/mol. The Morgan fingerprint density at radius 1 is 1.26 bits per heavy atom. The molecule has 1 rings (SSSR count). The second-order valence-corrected chi connectivity index (χ2v) is 4.32. The van der Waals surface area contributed by atoms with Gasteiger partial charge in [-0.1, -0.05) is 32.6 Å². The van der Waals surface area contributed by atoms with E-state index in [0.717, 1.165) is 12.8 Å². The van der Waals surface area contributed by atoms with Crippen molar-refractivity contribution in [3.63, 3.8) is 0 Å². The molecule has 0 saturated heterocycles. The molecular formula is C14H22ClFN2O. The van der Waals surface area contributed by atoms with Crippen LogP contribution in [0, 0.1) is 11.2 Å². The third-order valence-electron chi connectivity index (χ3n) is 2.75. The zero-order chi connectivity index (χ0) is 13.4. The van der Waals surface area contributed by atoms with Crippen molar-refractivity contribution in [2.45, 2.75) is 39.0 Å². The highest BCUT2D eigenvalue weighted by molar-refractivity contribution is 5.95. The molecule has 0 unspecified atom stereocenters. The minimum Gasteiger partial charge on any atom is -0.493 e. The first-order valence-corrected chi connectivity index (χ1v) is 6.42. The van der Waals surface area contributed by atoms with Crippen LogP contribution in [0.5, 0.6) is 5.75 Å². The molecule has 5 heteroatoms. The van der Waals surface area contributed by atoms with Gasteiger partial charge in [-0.3, -0.25) is 5.41 Å². The number of ether oxygens (including phenoxy) is 1. The van der Waals surface area contributed by atoms with Gasteiger partial charge in [0.15, 0.2) is 0 Å². The van der Waals surface area contributed by atoms with Crippen molar-refractivity contribution in [1.29, 1.82) is 5.41 Å². The minimum atomic E-state index is -0.508. The lowest BCUT2D eigenvalue weighted by Gasteiger charge is -2.07. The van der Waals surface area contributed by atoms with Gasteiger partial charge < -0.3 is 10.5 Å². The Bertz CT molecular complexity index is 399. The predicted octanol–water partition coefficient (Wildman–Crippen LogP) is 3.88. The maximum absolute atomic E-state index is 13.5. The first kappa shape index (κ1) is 17.7. The van der Waals surface area contributed by atoms with E-state index in [-0.39, 0.29) is 23.8 Å². The zero-order valence-corrected chi connectivity index (χ0v) is 12.1. The Kier molecular flexibility index (Phi) is 8.96. The summed E-state index contributed by atoms with van der Waals surface area (Å²) in [5, 5.41) is 7.18. The van der Waals surface area contributed by atoms with E-state index in [4.69, 9.17) is 15.9 Å². The van der Waals surface area contributed by atoms with Gasteiger partial charge in [0.1, 0.15) is 17.4 Å². The first-order valence-electron chi connectivity index (χ1n) is 6.42. The van der Waals surface area contributed by atoms with Crippen molar-refractivity contribution < 1.29 is 9.13 Å². The van der Waals surface area contributed by atoms with Gasteiger partial charge in [0.25, 0.3) is 0 Å². The van der Waals surface area contributed by atoms with E-state index in [1.165, 1.54) is 31.4 Å². The van der Waals surface area contributed by atoms with Crippen LogP contribution in [-0.4, -0.2) is 12.4 Å². The van der Waals surface area contributed by atoms with E-state index in [2.05, 4.69) is 6.92 Å². The second kappa shape index (κ2) is 9.62. The molecule has 0 bridgehead atoms. The topological polar surface area (TPSA) is 59.1 Å². The SMILES string of the molecule is CCCCCCCOc1ccc(C(=N)N)c(F)c1.Cl. The number of nitrogen functional groups attached to an aromatic ring is 1. The Balaban J connectivity index is 0.00000324. The summed E-state index contributed by atoms with van der Waals surface area (Å²) in [5.41, 5.74) is 5.35. The van der Waals surface area contributed by atoms with Crippen LogP contribution in [0.4, 0.5) is 4.39 Å². The Morgan fingerprint density at radius 2 is 1.95 bits per heavy atom. The maximum Gasteiger partial charge on any atom is 0.137 e. The molecule has 0 radical (unpaired) electrons. The van der Waals surface area contributed by atoms with Gasteiger partial charge in [-0.15, -0.1) is 12.4 Å². The summed E-state index contributed by atoms with van der Waals surface area (Å²) in [5.74, 6) is -0.280. The van der Waals surface area contributed by atoms with Crippen molar-refractivity contribution in [2.75, 3.05) is 6.61 Å². The number of benzene rings is 1. The number of nitrogens with one attached hydrogen (secondary N) is 1. The molecule has 0 aliphatic heterocycles. The van der Waals surface area contributed by atoms with Crippen molar-refractivity contribution in [2.24, 2.45) is 5.73 Å². The van der Waals surface area contributed by atoms with E-state index < -0.39 is 5.82 Å². The van der Waals surface area contributed by atoms with Gasteiger partial charge in [-0.05, 0) is 18.6 Å². The van der Waals surface area contributed by atoms with Crippen LogP contribution in [0.3, 0.4) is 0 Å². The smallest absolute Gasteiger partial charge is 0.137 e. The normalized spacial score (nSPS) is 9.79. The van der Waals surface area contributed by atoms with Crippen molar-refractivity contribution >= 4 is 18.2 Å². The molecule has 3 N–H and O–H groups in total. The molecule has 1 aromatic rings. The van der Waals surface area contributed by atoms with E-state index in [0.29, 0.717) is 12.4 Å². The minimum absolute atomic E-state index is 0. The Labute approximate surface area is 120 Å². The quantitative estimate of drug-likeness (QED) is 0.433. The lowest BCUT2D eigenvalue weighted by Crippen LogP contribution is -2.13. The molecule has 19 heavy (non-hydrogen) atoms. The summed E-state index contributed by atoms with van der Waals surface area (Å²) in [7, 11) is 0. The second-order valence-electron chi connectivity index (χ2n) is 4.32. The number of hydrogen-bond acceptors (Lipinski definition) is 2. The summed E-state index contributed by atoms with van der Waals surface area (Å²) in [4.78, 5) is 0. The highest BCUT2D eigenvalue weighted by atomic mass is 35.5.